The molecular weight excluding hydrogens is 388 g/mol. The van der Waals surface area contributed by atoms with Gasteiger partial charge in [-0.25, -0.2) is 4.79 Å². The Morgan fingerprint density at radius 3 is 2.40 bits per heavy atom. The highest BCUT2D eigenvalue weighted by molar-refractivity contribution is 6.08. The highest BCUT2D eigenvalue weighted by atomic mass is 16.5. The van der Waals surface area contributed by atoms with Crippen LogP contribution in [0.3, 0.4) is 0 Å². The molecule has 3 amide bonds. The van der Waals surface area contributed by atoms with Crippen LogP contribution in [0.2, 0.25) is 0 Å². The zero-order valence-electron chi connectivity index (χ0n) is 17.1. The summed E-state index contributed by atoms with van der Waals surface area (Å²) in [6.07, 6.45) is 2.88. The SMILES string of the molecule is CCOc1ccccc1NC(=O)COC(=O)[C@H](C)N1C(=O)[C@H]2[C@@H]3CC[C@@H](C3)[C@@H]2C1=O. The number of anilines is 1. The monoisotopic (exact) mass is 414 g/mol. The Labute approximate surface area is 174 Å². The molecule has 1 aromatic rings. The number of likely N-dealkylation sites (tertiary alicyclic amines) is 1. The molecule has 1 aromatic carbocycles. The van der Waals surface area contributed by atoms with E-state index < -0.39 is 24.5 Å². The average molecular weight is 414 g/mol. The number of esters is 1. The van der Waals surface area contributed by atoms with Gasteiger partial charge < -0.3 is 14.8 Å². The van der Waals surface area contributed by atoms with Crippen LogP contribution in [-0.4, -0.2) is 47.8 Å². The lowest BCUT2D eigenvalue weighted by atomic mass is 9.81. The quantitative estimate of drug-likeness (QED) is 0.541. The molecule has 2 saturated carbocycles. The zero-order chi connectivity index (χ0) is 21.4. The molecule has 1 heterocycles. The van der Waals surface area contributed by atoms with Gasteiger partial charge in [-0.15, -0.1) is 0 Å². The second kappa shape index (κ2) is 8.08. The molecule has 2 bridgehead atoms. The molecule has 8 nitrogen and oxygen atoms in total. The standard InChI is InChI=1S/C22H26N2O6/c1-3-29-16-7-5-4-6-15(16)23-17(25)11-30-22(28)12(2)24-20(26)18-13-8-9-14(10-13)19(18)21(24)27/h4-7,12-14,18-19H,3,8-11H2,1-2H3,(H,23,25)/t12-,13-,14+,18-,19-/m0/s1. The van der Waals surface area contributed by atoms with Crippen molar-refractivity contribution in [1.29, 1.82) is 0 Å². The van der Waals surface area contributed by atoms with E-state index in [1.165, 1.54) is 6.92 Å². The summed E-state index contributed by atoms with van der Waals surface area (Å²) in [6.45, 7) is 3.24. The minimum absolute atomic E-state index is 0.251. The number of para-hydroxylation sites is 2. The Morgan fingerprint density at radius 2 is 1.77 bits per heavy atom. The maximum absolute atomic E-state index is 12.8. The summed E-state index contributed by atoms with van der Waals surface area (Å²) >= 11 is 0. The number of nitrogens with one attached hydrogen (secondary N) is 1. The Balaban J connectivity index is 1.34. The van der Waals surface area contributed by atoms with Gasteiger partial charge in [0.05, 0.1) is 24.1 Å². The van der Waals surface area contributed by atoms with Gasteiger partial charge in [-0.2, -0.15) is 0 Å². The van der Waals surface area contributed by atoms with Crippen LogP contribution in [0.4, 0.5) is 5.69 Å². The average Bonchev–Trinajstić information content (AvgIpc) is 3.41. The number of nitrogens with zero attached hydrogens (tertiary/aromatic N) is 1. The molecule has 4 rings (SSSR count). The van der Waals surface area contributed by atoms with Crippen LogP contribution in [0.25, 0.3) is 0 Å². The van der Waals surface area contributed by atoms with Crippen LogP contribution in [0.5, 0.6) is 5.75 Å². The highest BCUT2D eigenvalue weighted by Gasteiger charge is 2.62. The number of amides is 3. The Bertz CT molecular complexity index is 856. The van der Waals surface area contributed by atoms with E-state index in [4.69, 9.17) is 9.47 Å². The maximum Gasteiger partial charge on any atom is 0.329 e. The zero-order valence-corrected chi connectivity index (χ0v) is 17.1. The van der Waals surface area contributed by atoms with E-state index in [1.807, 2.05) is 6.92 Å². The summed E-state index contributed by atoms with van der Waals surface area (Å²) in [6, 6.07) is 5.90. The van der Waals surface area contributed by atoms with E-state index in [-0.39, 0.29) is 35.5 Å². The summed E-state index contributed by atoms with van der Waals surface area (Å²) in [7, 11) is 0. The van der Waals surface area contributed by atoms with Crippen molar-refractivity contribution < 1.29 is 28.7 Å². The number of rotatable bonds is 7. The maximum atomic E-state index is 12.8. The van der Waals surface area contributed by atoms with Crippen molar-refractivity contribution in [2.24, 2.45) is 23.7 Å². The van der Waals surface area contributed by atoms with Crippen molar-refractivity contribution in [3.05, 3.63) is 24.3 Å². The van der Waals surface area contributed by atoms with E-state index in [0.717, 1.165) is 24.2 Å². The summed E-state index contributed by atoms with van der Waals surface area (Å²) < 4.78 is 10.5. The summed E-state index contributed by atoms with van der Waals surface area (Å²) in [4.78, 5) is 51.4. The van der Waals surface area contributed by atoms with Crippen molar-refractivity contribution in [2.45, 2.75) is 39.2 Å². The molecule has 5 atom stereocenters. The number of benzene rings is 1. The van der Waals surface area contributed by atoms with E-state index in [1.54, 1.807) is 24.3 Å². The molecule has 1 aliphatic heterocycles. The number of imide groups is 1. The van der Waals surface area contributed by atoms with Gasteiger partial charge >= 0.3 is 5.97 Å². The first kappa shape index (κ1) is 20.4. The number of fused-ring (bicyclic) bond motifs is 5. The van der Waals surface area contributed by atoms with Gasteiger partial charge in [0.25, 0.3) is 5.91 Å². The first-order chi connectivity index (χ1) is 14.4. The van der Waals surface area contributed by atoms with Crippen LogP contribution in [0.15, 0.2) is 24.3 Å². The lowest BCUT2D eigenvalue weighted by molar-refractivity contribution is -0.159. The molecule has 0 aromatic heterocycles. The molecule has 1 N–H and O–H groups in total. The number of hydrogen-bond acceptors (Lipinski definition) is 6. The number of carbonyl (C=O) groups is 4. The Hall–Kier alpha value is -2.90. The molecule has 3 fully saturated rings. The van der Waals surface area contributed by atoms with Gasteiger partial charge in [-0.3, -0.25) is 19.3 Å². The van der Waals surface area contributed by atoms with Crippen molar-refractivity contribution >= 4 is 29.4 Å². The molecule has 3 aliphatic rings. The third kappa shape index (κ3) is 3.44. The molecule has 0 spiro atoms. The summed E-state index contributed by atoms with van der Waals surface area (Å²) in [5.74, 6) is -1.39. The number of carbonyl (C=O) groups excluding carboxylic acids is 4. The topological polar surface area (TPSA) is 102 Å². The summed E-state index contributed by atoms with van der Waals surface area (Å²) in [5.41, 5.74) is 0.474. The van der Waals surface area contributed by atoms with Gasteiger partial charge in [0.2, 0.25) is 11.8 Å². The summed E-state index contributed by atoms with van der Waals surface area (Å²) in [5, 5.41) is 2.64. The highest BCUT2D eigenvalue weighted by Crippen LogP contribution is 2.56. The van der Waals surface area contributed by atoms with Crippen LogP contribution >= 0.6 is 0 Å². The third-order valence-electron chi connectivity index (χ3n) is 6.50. The lowest BCUT2D eigenvalue weighted by Crippen LogP contribution is -2.45. The second-order valence-electron chi connectivity index (χ2n) is 8.19. The molecular formula is C22H26N2O6. The smallest absolute Gasteiger partial charge is 0.329 e. The number of hydrogen-bond donors (Lipinski definition) is 1. The fourth-order valence-electron chi connectivity index (χ4n) is 5.21. The minimum Gasteiger partial charge on any atom is -0.492 e. The molecule has 2 aliphatic carbocycles. The second-order valence-corrected chi connectivity index (χ2v) is 8.19. The fourth-order valence-corrected chi connectivity index (χ4v) is 5.21. The normalized spacial score (nSPS) is 27.7. The van der Waals surface area contributed by atoms with E-state index >= 15 is 0 Å². The lowest BCUT2D eigenvalue weighted by Gasteiger charge is -2.23. The first-order valence-electron chi connectivity index (χ1n) is 10.5. The molecule has 30 heavy (non-hydrogen) atoms. The van der Waals surface area contributed by atoms with Crippen molar-refractivity contribution in [3.63, 3.8) is 0 Å². The Morgan fingerprint density at radius 1 is 1.13 bits per heavy atom. The predicted octanol–water partition coefficient (Wildman–Crippen LogP) is 1.99. The van der Waals surface area contributed by atoms with Crippen LogP contribution in [0.1, 0.15) is 33.1 Å². The molecule has 1 saturated heterocycles. The Kier molecular flexibility index (Phi) is 5.49. The fraction of sp³-hybridized carbons (Fsp3) is 0.545. The molecule has 8 heteroatoms. The van der Waals surface area contributed by atoms with E-state index in [9.17, 15) is 19.2 Å². The molecule has 0 unspecified atom stereocenters. The van der Waals surface area contributed by atoms with Gasteiger partial charge in [0, 0.05) is 0 Å². The van der Waals surface area contributed by atoms with Crippen LogP contribution < -0.4 is 10.1 Å². The van der Waals surface area contributed by atoms with Crippen LogP contribution in [-0.2, 0) is 23.9 Å². The van der Waals surface area contributed by atoms with Gasteiger partial charge in [0.1, 0.15) is 11.8 Å². The van der Waals surface area contributed by atoms with Gasteiger partial charge in [-0.05, 0) is 57.1 Å². The molecule has 160 valence electrons. The third-order valence-corrected chi connectivity index (χ3v) is 6.50. The van der Waals surface area contributed by atoms with Gasteiger partial charge in [0.15, 0.2) is 6.61 Å². The van der Waals surface area contributed by atoms with Gasteiger partial charge in [-0.1, -0.05) is 12.1 Å². The van der Waals surface area contributed by atoms with E-state index in [2.05, 4.69) is 5.32 Å². The van der Waals surface area contributed by atoms with Crippen LogP contribution in [0, 0.1) is 23.7 Å². The minimum atomic E-state index is -1.04. The predicted molar refractivity (Wildman–Crippen MR) is 106 cm³/mol. The van der Waals surface area contributed by atoms with E-state index in [0.29, 0.717) is 18.0 Å². The largest absolute Gasteiger partial charge is 0.492 e. The first-order valence-corrected chi connectivity index (χ1v) is 10.5. The van der Waals surface area contributed by atoms with Crippen molar-refractivity contribution in [2.75, 3.05) is 18.5 Å². The number of ether oxygens (including phenoxy) is 2. The van der Waals surface area contributed by atoms with Crippen molar-refractivity contribution in [1.82, 2.24) is 4.90 Å². The van der Waals surface area contributed by atoms with Crippen molar-refractivity contribution in [3.8, 4) is 5.75 Å². The molecule has 0 radical (unpaired) electrons.